The van der Waals surface area contributed by atoms with E-state index < -0.39 is 0 Å². The van der Waals surface area contributed by atoms with Crippen LogP contribution >= 0.6 is 11.3 Å². The molecular weight excluding hydrogens is 488 g/mol. The molecular formula is C31H34N6S. The van der Waals surface area contributed by atoms with Crippen LogP contribution in [0.1, 0.15) is 48.5 Å². The number of nitrogens with zero attached hydrogens (tertiary/aromatic N) is 4. The van der Waals surface area contributed by atoms with E-state index in [0.29, 0.717) is 12.2 Å². The molecule has 3 N–H and O–H groups in total. The number of H-pyrrole nitrogens is 1. The third-order valence-electron chi connectivity index (χ3n) is 6.92. The molecule has 0 radical (unpaired) electrons. The molecule has 0 spiro atoms. The molecule has 0 saturated carbocycles. The fourth-order valence-corrected chi connectivity index (χ4v) is 5.78. The van der Waals surface area contributed by atoms with Gasteiger partial charge in [-0.2, -0.15) is 0 Å². The first-order valence-corrected chi connectivity index (χ1v) is 13.8. The van der Waals surface area contributed by atoms with Crippen molar-refractivity contribution < 1.29 is 0 Å². The zero-order chi connectivity index (χ0) is 26.6. The summed E-state index contributed by atoms with van der Waals surface area (Å²) in [6.45, 7) is 15.4. The largest absolute Gasteiger partial charge is 0.383 e. The summed E-state index contributed by atoms with van der Waals surface area (Å²) in [6.07, 6.45) is 13.0. The molecule has 0 unspecified atom stereocenters. The summed E-state index contributed by atoms with van der Waals surface area (Å²) in [5.74, 6) is 1.34. The number of fused-ring (bicyclic) bond motifs is 1. The topological polar surface area (TPSA) is 83.7 Å². The van der Waals surface area contributed by atoms with Gasteiger partial charge in [-0.1, -0.05) is 31.4 Å². The second-order valence-corrected chi connectivity index (χ2v) is 10.9. The van der Waals surface area contributed by atoms with E-state index in [0.717, 1.165) is 74.2 Å². The van der Waals surface area contributed by atoms with Crippen LogP contribution in [0, 0.1) is 0 Å². The van der Waals surface area contributed by atoms with E-state index in [9.17, 15) is 0 Å². The Hall–Kier alpha value is -3.81. The van der Waals surface area contributed by atoms with Gasteiger partial charge in [0.15, 0.2) is 0 Å². The number of hydrogen-bond donors (Lipinski definition) is 2. The average Bonchev–Trinajstić information content (AvgIpc) is 3.68. The van der Waals surface area contributed by atoms with E-state index in [-0.39, 0.29) is 0 Å². The molecule has 5 heterocycles. The lowest BCUT2D eigenvalue weighted by atomic mass is 10.0. The molecule has 0 aromatic carbocycles. The molecule has 0 amide bonds. The SMILES string of the molecule is C=C/C(=C\C(=C/C)c1cnc(N)c(Cc2nc3c(-c4ccc(C(=C)C)s4)nccc3[nH]2)c1)CN1CCCC1. The highest BCUT2D eigenvalue weighted by molar-refractivity contribution is 7.16. The maximum atomic E-state index is 6.33. The maximum absolute atomic E-state index is 6.33. The van der Waals surface area contributed by atoms with Crippen molar-refractivity contribution in [3.63, 3.8) is 0 Å². The zero-order valence-corrected chi connectivity index (χ0v) is 22.9. The number of nitrogens with one attached hydrogen (secondary N) is 1. The highest BCUT2D eigenvalue weighted by atomic mass is 32.1. The van der Waals surface area contributed by atoms with Crippen molar-refractivity contribution in [1.82, 2.24) is 24.8 Å². The second-order valence-electron chi connectivity index (χ2n) is 9.78. The third-order valence-corrected chi connectivity index (χ3v) is 8.18. The van der Waals surface area contributed by atoms with Gasteiger partial charge >= 0.3 is 0 Å². The number of allylic oxidation sites excluding steroid dienone is 4. The minimum absolute atomic E-state index is 0.511. The molecule has 1 saturated heterocycles. The average molecular weight is 523 g/mol. The van der Waals surface area contributed by atoms with Gasteiger partial charge in [-0.25, -0.2) is 9.97 Å². The molecule has 6 nitrogen and oxygen atoms in total. The maximum Gasteiger partial charge on any atom is 0.127 e. The lowest BCUT2D eigenvalue weighted by molar-refractivity contribution is 0.371. The number of aromatic amines is 1. The first-order valence-electron chi connectivity index (χ1n) is 13.0. The van der Waals surface area contributed by atoms with Gasteiger partial charge < -0.3 is 10.7 Å². The van der Waals surface area contributed by atoms with Crippen LogP contribution in [0.5, 0.6) is 0 Å². The number of pyridine rings is 2. The molecule has 194 valence electrons. The first kappa shape index (κ1) is 25.8. The van der Waals surface area contributed by atoms with E-state index in [4.69, 9.17) is 10.7 Å². The molecule has 4 aromatic rings. The summed E-state index contributed by atoms with van der Waals surface area (Å²) in [7, 11) is 0. The van der Waals surface area contributed by atoms with Gasteiger partial charge in [-0.3, -0.25) is 9.88 Å². The number of rotatable bonds is 9. The molecule has 1 aliphatic rings. The van der Waals surface area contributed by atoms with E-state index >= 15 is 0 Å². The Morgan fingerprint density at radius 2 is 2.03 bits per heavy atom. The molecule has 5 rings (SSSR count). The van der Waals surface area contributed by atoms with E-state index in [1.54, 1.807) is 11.3 Å². The number of likely N-dealkylation sites (tertiary alicyclic amines) is 1. The molecule has 38 heavy (non-hydrogen) atoms. The fraction of sp³-hybridized carbons (Fsp3) is 0.258. The van der Waals surface area contributed by atoms with Crippen LogP contribution in [0.25, 0.3) is 32.8 Å². The quantitative estimate of drug-likeness (QED) is 0.234. The molecule has 4 aromatic heterocycles. The second kappa shape index (κ2) is 11.3. The Kier molecular flexibility index (Phi) is 7.67. The highest BCUT2D eigenvalue weighted by Crippen LogP contribution is 2.34. The van der Waals surface area contributed by atoms with Crippen molar-refractivity contribution in [3.05, 3.63) is 95.4 Å². The normalized spacial score (nSPS) is 14.9. The van der Waals surface area contributed by atoms with Gasteiger partial charge in [0.1, 0.15) is 22.9 Å². The number of hydrogen-bond acceptors (Lipinski definition) is 6. The van der Waals surface area contributed by atoms with Crippen LogP contribution in [0.15, 0.2) is 73.6 Å². The fourth-order valence-electron chi connectivity index (χ4n) is 4.85. The lowest BCUT2D eigenvalue weighted by Crippen LogP contribution is -2.21. The Morgan fingerprint density at radius 1 is 1.21 bits per heavy atom. The minimum Gasteiger partial charge on any atom is -0.383 e. The summed E-state index contributed by atoms with van der Waals surface area (Å²) < 4.78 is 0. The van der Waals surface area contributed by atoms with E-state index in [1.807, 2.05) is 31.5 Å². The standard InChI is InChI=1S/C31H34N6S/c1-5-21(19-37-13-7-8-14-37)15-22(6-2)24-16-23(31(32)34-18-24)17-28-35-25-11-12-33-30(29(25)36-28)27-10-9-26(38-27)20(3)4/h5-6,9-12,15-16,18H,1,3,7-8,13-14,17,19H2,2,4H3,(H2,32,34)(H,35,36)/b21-15+,22-6+. The van der Waals surface area contributed by atoms with Crippen LogP contribution in [0.2, 0.25) is 0 Å². The Bertz CT molecular complexity index is 1550. The molecule has 0 atom stereocenters. The Balaban J connectivity index is 1.42. The van der Waals surface area contributed by atoms with Crippen molar-refractivity contribution in [3.8, 4) is 10.6 Å². The van der Waals surface area contributed by atoms with Crippen LogP contribution < -0.4 is 5.73 Å². The van der Waals surface area contributed by atoms with Crippen molar-refractivity contribution in [2.45, 2.75) is 33.1 Å². The number of thiophene rings is 1. The molecule has 1 aliphatic heterocycles. The van der Waals surface area contributed by atoms with Crippen LogP contribution in [-0.2, 0) is 6.42 Å². The summed E-state index contributed by atoms with van der Waals surface area (Å²) in [6, 6.07) is 8.25. The highest BCUT2D eigenvalue weighted by Gasteiger charge is 2.16. The van der Waals surface area contributed by atoms with Gasteiger partial charge in [0, 0.05) is 41.4 Å². The van der Waals surface area contributed by atoms with Crippen molar-refractivity contribution in [2.24, 2.45) is 0 Å². The first-order chi connectivity index (χ1) is 18.4. The number of imidazole rings is 1. The monoisotopic (exact) mass is 522 g/mol. The smallest absolute Gasteiger partial charge is 0.127 e. The van der Waals surface area contributed by atoms with Crippen LogP contribution in [0.4, 0.5) is 5.82 Å². The van der Waals surface area contributed by atoms with Crippen molar-refractivity contribution in [2.75, 3.05) is 25.4 Å². The summed E-state index contributed by atoms with van der Waals surface area (Å²) in [4.78, 5) is 22.3. The molecule has 7 heteroatoms. The third kappa shape index (κ3) is 5.54. The van der Waals surface area contributed by atoms with Gasteiger partial charge in [-0.05, 0) is 80.8 Å². The van der Waals surface area contributed by atoms with Gasteiger partial charge in [0.05, 0.1) is 10.4 Å². The predicted molar refractivity (Wildman–Crippen MR) is 161 cm³/mol. The molecule has 1 fully saturated rings. The summed E-state index contributed by atoms with van der Waals surface area (Å²) >= 11 is 1.68. The minimum atomic E-state index is 0.511. The van der Waals surface area contributed by atoms with Crippen LogP contribution in [-0.4, -0.2) is 44.5 Å². The van der Waals surface area contributed by atoms with Gasteiger partial charge in [0.2, 0.25) is 0 Å². The summed E-state index contributed by atoms with van der Waals surface area (Å²) in [5.41, 5.74) is 14.3. The van der Waals surface area contributed by atoms with Gasteiger partial charge in [0.25, 0.3) is 0 Å². The zero-order valence-electron chi connectivity index (χ0n) is 22.1. The van der Waals surface area contributed by atoms with Crippen molar-refractivity contribution in [1.29, 1.82) is 0 Å². The predicted octanol–water partition coefficient (Wildman–Crippen LogP) is 6.90. The van der Waals surface area contributed by atoms with Crippen molar-refractivity contribution >= 4 is 39.3 Å². The molecule has 0 bridgehead atoms. The number of nitrogens with two attached hydrogens (primary N) is 1. The molecule has 0 aliphatic carbocycles. The summed E-state index contributed by atoms with van der Waals surface area (Å²) in [5, 5.41) is 0. The van der Waals surface area contributed by atoms with Gasteiger partial charge in [-0.15, -0.1) is 11.3 Å². The Labute approximate surface area is 228 Å². The van der Waals surface area contributed by atoms with Crippen LogP contribution in [0.3, 0.4) is 0 Å². The van der Waals surface area contributed by atoms with E-state index in [2.05, 4.69) is 70.3 Å². The number of nitrogen functional groups attached to an aromatic ring is 1. The number of aromatic nitrogens is 4. The number of anilines is 1. The Morgan fingerprint density at radius 3 is 2.74 bits per heavy atom. The van der Waals surface area contributed by atoms with E-state index in [1.165, 1.54) is 18.4 Å². The lowest BCUT2D eigenvalue weighted by Gasteiger charge is -2.16.